The van der Waals surface area contributed by atoms with Crippen LogP contribution in [0.15, 0.2) is 42.9 Å². The SMILES string of the molecule is CC(C)n1ncnc1CC(N)c1cccc2cccnc12. The number of nitrogens with two attached hydrogens (primary N) is 1. The molecular weight excluding hydrogens is 262 g/mol. The highest BCUT2D eigenvalue weighted by molar-refractivity contribution is 5.81. The molecule has 2 aromatic heterocycles. The minimum Gasteiger partial charge on any atom is -0.324 e. The van der Waals surface area contributed by atoms with E-state index in [4.69, 9.17) is 5.73 Å². The summed E-state index contributed by atoms with van der Waals surface area (Å²) in [6.07, 6.45) is 4.03. The third-order valence-corrected chi connectivity index (χ3v) is 3.60. The Bertz CT molecular complexity index is 742. The zero-order valence-corrected chi connectivity index (χ0v) is 12.3. The number of para-hydroxylation sites is 1. The maximum Gasteiger partial charge on any atom is 0.138 e. The van der Waals surface area contributed by atoms with Crippen molar-refractivity contribution in [3.63, 3.8) is 0 Å². The Balaban J connectivity index is 1.94. The lowest BCUT2D eigenvalue weighted by molar-refractivity contribution is 0.493. The third kappa shape index (κ3) is 2.64. The molecule has 1 atom stereocenters. The van der Waals surface area contributed by atoms with E-state index in [2.05, 4.69) is 41.0 Å². The number of pyridine rings is 1. The van der Waals surface area contributed by atoms with Gasteiger partial charge in [-0.25, -0.2) is 9.67 Å². The lowest BCUT2D eigenvalue weighted by Gasteiger charge is -2.15. The van der Waals surface area contributed by atoms with Gasteiger partial charge in [0.25, 0.3) is 0 Å². The van der Waals surface area contributed by atoms with E-state index in [1.54, 1.807) is 12.5 Å². The summed E-state index contributed by atoms with van der Waals surface area (Å²) < 4.78 is 1.92. The molecule has 1 unspecified atom stereocenters. The summed E-state index contributed by atoms with van der Waals surface area (Å²) in [6, 6.07) is 10.2. The van der Waals surface area contributed by atoms with Crippen LogP contribution in [0.2, 0.25) is 0 Å². The maximum absolute atomic E-state index is 6.40. The molecule has 0 bridgehead atoms. The van der Waals surface area contributed by atoms with Crippen LogP contribution in [-0.2, 0) is 6.42 Å². The van der Waals surface area contributed by atoms with Gasteiger partial charge in [-0.1, -0.05) is 24.3 Å². The van der Waals surface area contributed by atoms with Crippen molar-refractivity contribution >= 4 is 10.9 Å². The van der Waals surface area contributed by atoms with Gasteiger partial charge in [0.2, 0.25) is 0 Å². The lowest BCUT2D eigenvalue weighted by Crippen LogP contribution is -2.18. The fourth-order valence-corrected chi connectivity index (χ4v) is 2.59. The van der Waals surface area contributed by atoms with Crippen LogP contribution in [0.3, 0.4) is 0 Å². The van der Waals surface area contributed by atoms with Crippen molar-refractivity contribution in [2.45, 2.75) is 32.4 Å². The van der Waals surface area contributed by atoms with Gasteiger partial charge in [0.1, 0.15) is 12.2 Å². The molecule has 0 aliphatic carbocycles. The topological polar surface area (TPSA) is 69.6 Å². The van der Waals surface area contributed by atoms with E-state index in [0.717, 1.165) is 22.3 Å². The first-order valence-electron chi connectivity index (χ1n) is 7.14. The van der Waals surface area contributed by atoms with E-state index in [1.807, 2.05) is 22.9 Å². The molecule has 5 nitrogen and oxygen atoms in total. The first-order valence-corrected chi connectivity index (χ1v) is 7.14. The highest BCUT2D eigenvalue weighted by Crippen LogP contribution is 2.23. The van der Waals surface area contributed by atoms with E-state index in [1.165, 1.54) is 0 Å². The largest absolute Gasteiger partial charge is 0.324 e. The molecule has 21 heavy (non-hydrogen) atoms. The molecule has 2 heterocycles. The second kappa shape index (κ2) is 5.61. The Morgan fingerprint density at radius 3 is 2.76 bits per heavy atom. The zero-order chi connectivity index (χ0) is 14.8. The maximum atomic E-state index is 6.40. The van der Waals surface area contributed by atoms with Crippen molar-refractivity contribution in [2.24, 2.45) is 5.73 Å². The fraction of sp³-hybridized carbons (Fsp3) is 0.312. The molecule has 0 aliphatic rings. The average Bonchev–Trinajstić information content (AvgIpc) is 2.95. The van der Waals surface area contributed by atoms with Gasteiger partial charge in [0.05, 0.1) is 5.52 Å². The van der Waals surface area contributed by atoms with Crippen LogP contribution in [0, 0.1) is 0 Å². The van der Waals surface area contributed by atoms with Gasteiger partial charge < -0.3 is 5.73 Å². The molecule has 0 radical (unpaired) electrons. The first-order chi connectivity index (χ1) is 10.2. The van der Waals surface area contributed by atoms with Gasteiger partial charge in [0.15, 0.2) is 0 Å². The van der Waals surface area contributed by atoms with Crippen LogP contribution in [0.25, 0.3) is 10.9 Å². The number of hydrogen-bond acceptors (Lipinski definition) is 4. The third-order valence-electron chi connectivity index (χ3n) is 3.60. The molecule has 1 aromatic carbocycles. The van der Waals surface area contributed by atoms with Crippen LogP contribution in [0.4, 0.5) is 0 Å². The van der Waals surface area contributed by atoms with Crippen molar-refractivity contribution < 1.29 is 0 Å². The summed E-state index contributed by atoms with van der Waals surface area (Å²) in [4.78, 5) is 8.80. The number of rotatable bonds is 4. The van der Waals surface area contributed by atoms with Crippen molar-refractivity contribution in [3.05, 3.63) is 54.2 Å². The summed E-state index contributed by atoms with van der Waals surface area (Å²) in [5.74, 6) is 0.908. The Labute approximate surface area is 123 Å². The van der Waals surface area contributed by atoms with E-state index in [-0.39, 0.29) is 12.1 Å². The number of aromatic nitrogens is 4. The van der Waals surface area contributed by atoms with Crippen molar-refractivity contribution in [2.75, 3.05) is 0 Å². The first kappa shape index (κ1) is 13.7. The van der Waals surface area contributed by atoms with Gasteiger partial charge in [-0.2, -0.15) is 5.10 Å². The lowest BCUT2D eigenvalue weighted by atomic mass is 10.0. The van der Waals surface area contributed by atoms with Gasteiger partial charge in [-0.15, -0.1) is 0 Å². The summed E-state index contributed by atoms with van der Waals surface area (Å²) >= 11 is 0. The predicted molar refractivity (Wildman–Crippen MR) is 82.8 cm³/mol. The second-order valence-electron chi connectivity index (χ2n) is 5.45. The smallest absolute Gasteiger partial charge is 0.138 e. The summed E-state index contributed by atoms with van der Waals surface area (Å²) in [5.41, 5.74) is 8.41. The van der Waals surface area contributed by atoms with Crippen molar-refractivity contribution in [1.29, 1.82) is 0 Å². The Hall–Kier alpha value is -2.27. The molecule has 0 amide bonds. The van der Waals surface area contributed by atoms with Gasteiger partial charge in [-0.3, -0.25) is 4.98 Å². The number of nitrogens with zero attached hydrogens (tertiary/aromatic N) is 4. The summed E-state index contributed by atoms with van der Waals surface area (Å²) in [5, 5.41) is 5.37. The Morgan fingerprint density at radius 1 is 1.14 bits per heavy atom. The van der Waals surface area contributed by atoms with Crippen LogP contribution in [0.5, 0.6) is 0 Å². The van der Waals surface area contributed by atoms with Crippen molar-refractivity contribution in [1.82, 2.24) is 19.7 Å². The molecule has 2 N–H and O–H groups in total. The normalized spacial score (nSPS) is 13.0. The Kier molecular flexibility index (Phi) is 3.66. The molecule has 0 saturated carbocycles. The molecule has 108 valence electrons. The molecule has 3 rings (SSSR count). The van der Waals surface area contributed by atoms with E-state index in [9.17, 15) is 0 Å². The molecular formula is C16H19N5. The van der Waals surface area contributed by atoms with Crippen LogP contribution < -0.4 is 5.73 Å². The molecule has 0 spiro atoms. The van der Waals surface area contributed by atoms with Crippen LogP contribution >= 0.6 is 0 Å². The molecule has 5 heteroatoms. The molecule has 0 fully saturated rings. The van der Waals surface area contributed by atoms with Gasteiger partial charge >= 0.3 is 0 Å². The fourth-order valence-electron chi connectivity index (χ4n) is 2.59. The molecule has 0 saturated heterocycles. The number of fused-ring (bicyclic) bond motifs is 1. The number of hydrogen-bond donors (Lipinski definition) is 1. The zero-order valence-electron chi connectivity index (χ0n) is 12.3. The average molecular weight is 281 g/mol. The monoisotopic (exact) mass is 281 g/mol. The summed E-state index contributed by atoms with van der Waals surface area (Å²) in [6.45, 7) is 4.17. The van der Waals surface area contributed by atoms with E-state index in [0.29, 0.717) is 6.42 Å². The minimum atomic E-state index is -0.148. The van der Waals surface area contributed by atoms with E-state index >= 15 is 0 Å². The predicted octanol–water partition coefficient (Wildman–Crippen LogP) is 2.65. The van der Waals surface area contributed by atoms with Gasteiger partial charge in [0, 0.05) is 30.1 Å². The standard InChI is InChI=1S/C16H19N5/c1-11(2)21-15(19-10-20-21)9-14(17)13-7-3-5-12-6-4-8-18-16(12)13/h3-8,10-11,14H,9,17H2,1-2H3. The molecule has 3 aromatic rings. The molecule has 0 aliphatic heterocycles. The van der Waals surface area contributed by atoms with Gasteiger partial charge in [-0.05, 0) is 25.5 Å². The quantitative estimate of drug-likeness (QED) is 0.798. The number of benzene rings is 1. The summed E-state index contributed by atoms with van der Waals surface area (Å²) in [7, 11) is 0. The Morgan fingerprint density at radius 2 is 1.95 bits per heavy atom. The van der Waals surface area contributed by atoms with Crippen molar-refractivity contribution in [3.8, 4) is 0 Å². The highest BCUT2D eigenvalue weighted by atomic mass is 15.3. The minimum absolute atomic E-state index is 0.148. The van der Waals surface area contributed by atoms with Crippen LogP contribution in [-0.4, -0.2) is 19.7 Å². The van der Waals surface area contributed by atoms with E-state index < -0.39 is 0 Å². The highest BCUT2D eigenvalue weighted by Gasteiger charge is 2.16. The second-order valence-corrected chi connectivity index (χ2v) is 5.45. The van der Waals surface area contributed by atoms with Crippen LogP contribution in [0.1, 0.15) is 37.3 Å².